The second kappa shape index (κ2) is 5.79. The molecule has 130 valence electrons. The molecule has 0 spiro atoms. The molecule has 0 saturated heterocycles. The molecule has 5 rings (SSSR count). The monoisotopic (exact) mass is 373 g/mol. The van der Waals surface area contributed by atoms with Crippen LogP contribution in [0.25, 0.3) is 16.7 Å². The van der Waals surface area contributed by atoms with Gasteiger partial charge in [-0.15, -0.1) is 0 Å². The summed E-state index contributed by atoms with van der Waals surface area (Å²) >= 11 is 6.01. The zero-order chi connectivity index (χ0) is 18.5. The Labute approximate surface area is 159 Å². The molecule has 2 aromatic carbocycles. The molecule has 5 nitrogen and oxygen atoms in total. The molecule has 0 saturated carbocycles. The largest absolute Gasteiger partial charge is 0.303 e. The van der Waals surface area contributed by atoms with E-state index in [1.54, 1.807) is 53.2 Å². The van der Waals surface area contributed by atoms with Crippen LogP contribution in [0.15, 0.2) is 72.9 Å². The summed E-state index contributed by atoms with van der Waals surface area (Å²) in [5, 5.41) is 0.596. The zero-order valence-electron chi connectivity index (χ0n) is 14.0. The Morgan fingerprint density at radius 1 is 0.778 bits per heavy atom. The van der Waals surface area contributed by atoms with E-state index in [4.69, 9.17) is 11.6 Å². The van der Waals surface area contributed by atoms with Gasteiger partial charge in [0, 0.05) is 16.9 Å². The number of anilines is 1. The Morgan fingerprint density at radius 2 is 1.52 bits per heavy atom. The number of carbonyl (C=O) groups is 2. The second-order valence-electron chi connectivity index (χ2n) is 6.19. The molecule has 0 radical (unpaired) electrons. The first-order valence-corrected chi connectivity index (χ1v) is 8.74. The summed E-state index contributed by atoms with van der Waals surface area (Å²) in [6.45, 7) is 0. The van der Waals surface area contributed by atoms with Crippen LogP contribution in [0.4, 0.5) is 5.69 Å². The molecule has 0 bridgehead atoms. The highest BCUT2D eigenvalue weighted by Gasteiger charge is 2.42. The molecule has 4 aromatic rings. The lowest BCUT2D eigenvalue weighted by atomic mass is 10.2. The van der Waals surface area contributed by atoms with Crippen molar-refractivity contribution in [3.63, 3.8) is 0 Å². The molecule has 1 aliphatic rings. The van der Waals surface area contributed by atoms with E-state index in [2.05, 4.69) is 4.98 Å². The number of halogens is 1. The number of hydrogen-bond donors (Lipinski definition) is 0. The highest BCUT2D eigenvalue weighted by Crippen LogP contribution is 2.36. The fourth-order valence-electron chi connectivity index (χ4n) is 3.50. The van der Waals surface area contributed by atoms with Crippen molar-refractivity contribution in [2.24, 2.45) is 0 Å². The summed E-state index contributed by atoms with van der Waals surface area (Å²) in [6, 6.07) is 19.7. The van der Waals surface area contributed by atoms with Gasteiger partial charge in [-0.3, -0.25) is 14.6 Å². The number of rotatable bonds is 2. The summed E-state index contributed by atoms with van der Waals surface area (Å²) in [5.74, 6) is -0.730. The molecule has 0 fully saturated rings. The number of amides is 2. The van der Waals surface area contributed by atoms with Gasteiger partial charge in [0.1, 0.15) is 11.2 Å². The minimum Gasteiger partial charge on any atom is -0.303 e. The first-order valence-electron chi connectivity index (χ1n) is 8.36. The van der Waals surface area contributed by atoms with Crippen molar-refractivity contribution in [1.29, 1.82) is 0 Å². The first kappa shape index (κ1) is 15.8. The lowest BCUT2D eigenvalue weighted by molar-refractivity contribution is 0.0924. The Hall–Kier alpha value is -3.44. The van der Waals surface area contributed by atoms with Gasteiger partial charge in [0.05, 0.1) is 16.8 Å². The fourth-order valence-corrected chi connectivity index (χ4v) is 3.63. The van der Waals surface area contributed by atoms with Crippen molar-refractivity contribution in [2.75, 3.05) is 4.90 Å². The second-order valence-corrected chi connectivity index (χ2v) is 6.62. The SMILES string of the molecule is O=C1c2c(n(-c3ccc(Cl)cc3)c3cccnc23)C(=O)N1c1ccccc1. The maximum absolute atomic E-state index is 13.3. The lowest BCUT2D eigenvalue weighted by Gasteiger charge is -2.16. The topological polar surface area (TPSA) is 55.2 Å². The Bertz CT molecular complexity index is 1210. The average Bonchev–Trinajstić information content (AvgIpc) is 3.17. The van der Waals surface area contributed by atoms with Gasteiger partial charge in [0.2, 0.25) is 0 Å². The van der Waals surface area contributed by atoms with Gasteiger partial charge in [0.25, 0.3) is 11.8 Å². The van der Waals surface area contributed by atoms with E-state index in [-0.39, 0.29) is 11.8 Å². The maximum Gasteiger partial charge on any atom is 0.283 e. The molecule has 2 aromatic heterocycles. The number of benzene rings is 2. The van der Waals surface area contributed by atoms with Gasteiger partial charge < -0.3 is 4.57 Å². The van der Waals surface area contributed by atoms with Gasteiger partial charge in [-0.2, -0.15) is 0 Å². The number of hydrogen-bond acceptors (Lipinski definition) is 3. The number of fused-ring (bicyclic) bond motifs is 3. The normalized spacial score (nSPS) is 13.4. The minimum atomic E-state index is -0.367. The van der Waals surface area contributed by atoms with Crippen molar-refractivity contribution < 1.29 is 9.59 Å². The van der Waals surface area contributed by atoms with Crippen molar-refractivity contribution in [2.45, 2.75) is 0 Å². The molecule has 0 atom stereocenters. The first-order chi connectivity index (χ1) is 13.2. The average molecular weight is 374 g/mol. The third-order valence-electron chi connectivity index (χ3n) is 4.65. The van der Waals surface area contributed by atoms with Gasteiger partial charge in [-0.05, 0) is 48.5 Å². The van der Waals surface area contributed by atoms with E-state index in [9.17, 15) is 9.59 Å². The summed E-state index contributed by atoms with van der Waals surface area (Å²) in [7, 11) is 0. The molecule has 6 heteroatoms. The molecule has 0 unspecified atom stereocenters. The summed E-state index contributed by atoms with van der Waals surface area (Å²) in [4.78, 5) is 32.0. The molecule has 2 amide bonds. The maximum atomic E-state index is 13.3. The van der Waals surface area contributed by atoms with Crippen LogP contribution in [0.2, 0.25) is 5.02 Å². The van der Waals surface area contributed by atoms with Crippen LogP contribution in [0, 0.1) is 0 Å². The number of aromatic nitrogens is 2. The molecular weight excluding hydrogens is 362 g/mol. The molecule has 1 aliphatic heterocycles. The molecule has 27 heavy (non-hydrogen) atoms. The number of para-hydroxylation sites is 1. The van der Waals surface area contributed by atoms with Crippen molar-refractivity contribution >= 4 is 40.1 Å². The van der Waals surface area contributed by atoms with Crippen molar-refractivity contribution in [3.05, 3.63) is 89.2 Å². The van der Waals surface area contributed by atoms with Crippen LogP contribution < -0.4 is 4.90 Å². The highest BCUT2D eigenvalue weighted by atomic mass is 35.5. The number of nitrogens with zero attached hydrogens (tertiary/aromatic N) is 3. The number of carbonyl (C=O) groups excluding carboxylic acids is 2. The molecular formula is C21H12ClN3O2. The van der Waals surface area contributed by atoms with Crippen LogP contribution in [-0.2, 0) is 0 Å². The van der Waals surface area contributed by atoms with E-state index in [0.29, 0.717) is 33.0 Å². The zero-order valence-corrected chi connectivity index (χ0v) is 14.7. The lowest BCUT2D eigenvalue weighted by Crippen LogP contribution is -2.30. The van der Waals surface area contributed by atoms with Crippen molar-refractivity contribution in [3.8, 4) is 5.69 Å². The van der Waals surface area contributed by atoms with Crippen LogP contribution in [0.3, 0.4) is 0 Å². The van der Waals surface area contributed by atoms with E-state index in [0.717, 1.165) is 5.69 Å². The molecule has 0 N–H and O–H groups in total. The third kappa shape index (κ3) is 2.22. The van der Waals surface area contributed by atoms with Crippen LogP contribution in [-0.4, -0.2) is 21.4 Å². The van der Waals surface area contributed by atoms with Gasteiger partial charge in [-0.1, -0.05) is 29.8 Å². The van der Waals surface area contributed by atoms with Gasteiger partial charge in [-0.25, -0.2) is 4.90 Å². The fraction of sp³-hybridized carbons (Fsp3) is 0. The Morgan fingerprint density at radius 3 is 2.26 bits per heavy atom. The smallest absolute Gasteiger partial charge is 0.283 e. The van der Waals surface area contributed by atoms with Crippen molar-refractivity contribution in [1.82, 2.24) is 9.55 Å². The van der Waals surface area contributed by atoms with Crippen LogP contribution >= 0.6 is 11.6 Å². The number of pyridine rings is 1. The van der Waals surface area contributed by atoms with Crippen LogP contribution in [0.1, 0.15) is 20.8 Å². The highest BCUT2D eigenvalue weighted by molar-refractivity contribution is 6.37. The minimum absolute atomic E-state index is 0.319. The Balaban J connectivity index is 1.81. The number of imide groups is 1. The van der Waals surface area contributed by atoms with E-state index < -0.39 is 0 Å². The van der Waals surface area contributed by atoms with E-state index in [1.807, 2.05) is 24.3 Å². The van der Waals surface area contributed by atoms with Gasteiger partial charge in [0.15, 0.2) is 0 Å². The quantitative estimate of drug-likeness (QED) is 0.487. The summed E-state index contributed by atoms with van der Waals surface area (Å²) < 4.78 is 1.77. The third-order valence-corrected chi connectivity index (χ3v) is 4.90. The predicted molar refractivity (Wildman–Crippen MR) is 104 cm³/mol. The molecule has 3 heterocycles. The van der Waals surface area contributed by atoms with E-state index >= 15 is 0 Å². The summed E-state index contributed by atoms with van der Waals surface area (Å²) in [5.41, 5.74) is 3.15. The Kier molecular flexibility index (Phi) is 3.39. The molecule has 0 aliphatic carbocycles. The van der Waals surface area contributed by atoms with Crippen LogP contribution in [0.5, 0.6) is 0 Å². The predicted octanol–water partition coefficient (Wildman–Crippen LogP) is 4.48. The standard InChI is InChI=1S/C21H12ClN3O2/c22-13-8-10-15(11-9-13)24-16-7-4-12-23-18(16)17-19(24)21(27)25(20(17)26)14-5-2-1-3-6-14/h1-12H. The summed E-state index contributed by atoms with van der Waals surface area (Å²) in [6.07, 6.45) is 1.62. The van der Waals surface area contributed by atoms with E-state index in [1.165, 1.54) is 4.90 Å². The van der Waals surface area contributed by atoms with Gasteiger partial charge >= 0.3 is 0 Å².